The second-order valence-corrected chi connectivity index (χ2v) is 4.24. The van der Waals surface area contributed by atoms with Crippen LogP contribution in [0.4, 0.5) is 5.82 Å². The Hall–Kier alpha value is -1.19. The molecule has 0 radical (unpaired) electrons. The molecule has 0 bridgehead atoms. The molecule has 0 aliphatic rings. The number of aromatic nitrogens is 2. The molecule has 2 rings (SSSR count). The number of benzene rings is 1. The van der Waals surface area contributed by atoms with Crippen molar-refractivity contribution in [3.8, 4) is 0 Å². The van der Waals surface area contributed by atoms with Crippen molar-refractivity contribution in [2.24, 2.45) is 7.05 Å². The van der Waals surface area contributed by atoms with Crippen LogP contribution in [0.5, 0.6) is 0 Å². The number of nitrogens with zero attached hydrogens (tertiary/aromatic N) is 2. The molecule has 0 unspecified atom stereocenters. The molecule has 5 heteroatoms. The molecule has 0 aliphatic carbocycles. The van der Waals surface area contributed by atoms with Crippen LogP contribution in [-0.4, -0.2) is 9.78 Å². The lowest BCUT2D eigenvalue weighted by atomic mass is 10.2. The summed E-state index contributed by atoms with van der Waals surface area (Å²) in [5.74, 6) is 0.804. The van der Waals surface area contributed by atoms with Gasteiger partial charge in [0.2, 0.25) is 0 Å². The first-order chi connectivity index (χ1) is 7.66. The molecule has 84 valence electrons. The van der Waals surface area contributed by atoms with E-state index in [1.807, 2.05) is 37.5 Å². The van der Waals surface area contributed by atoms with Gasteiger partial charge in [-0.1, -0.05) is 29.3 Å². The number of hydrogen-bond donors (Lipinski definition) is 1. The summed E-state index contributed by atoms with van der Waals surface area (Å²) in [5.41, 5.74) is 0.886. The summed E-state index contributed by atoms with van der Waals surface area (Å²) < 4.78 is 1.73. The maximum Gasteiger partial charge on any atom is 0.148 e. The molecule has 0 spiro atoms. The monoisotopic (exact) mass is 255 g/mol. The molecule has 0 saturated carbocycles. The van der Waals surface area contributed by atoms with E-state index in [0.717, 1.165) is 11.4 Å². The van der Waals surface area contributed by atoms with Crippen LogP contribution in [0, 0.1) is 0 Å². The minimum absolute atomic E-state index is 0.565. The van der Waals surface area contributed by atoms with Crippen LogP contribution in [0.15, 0.2) is 30.5 Å². The van der Waals surface area contributed by atoms with Gasteiger partial charge in [-0.05, 0) is 12.1 Å². The summed E-state index contributed by atoms with van der Waals surface area (Å²) in [5, 5.41) is 8.69. The van der Waals surface area contributed by atoms with Gasteiger partial charge in [0.1, 0.15) is 5.82 Å². The Labute approximate surface area is 104 Å². The van der Waals surface area contributed by atoms with Gasteiger partial charge in [0, 0.05) is 41.5 Å². The van der Waals surface area contributed by atoms with Crippen LogP contribution in [0.3, 0.4) is 0 Å². The average Bonchev–Trinajstić information content (AvgIpc) is 2.63. The van der Waals surface area contributed by atoms with E-state index in [1.165, 1.54) is 0 Å². The maximum atomic E-state index is 6.05. The van der Waals surface area contributed by atoms with E-state index in [4.69, 9.17) is 23.2 Å². The Morgan fingerprint density at radius 1 is 1.25 bits per heavy atom. The van der Waals surface area contributed by atoms with Crippen molar-refractivity contribution < 1.29 is 0 Å². The number of aryl methyl sites for hydroxylation is 1. The molecule has 1 heterocycles. The Bertz CT molecular complexity index is 473. The third-order valence-corrected chi connectivity index (χ3v) is 2.93. The molecule has 1 aromatic carbocycles. The second-order valence-electron chi connectivity index (χ2n) is 3.43. The third kappa shape index (κ3) is 2.49. The van der Waals surface area contributed by atoms with Crippen LogP contribution < -0.4 is 5.32 Å². The predicted molar refractivity (Wildman–Crippen MR) is 67.0 cm³/mol. The van der Waals surface area contributed by atoms with Crippen LogP contribution in [0.2, 0.25) is 10.0 Å². The Kier molecular flexibility index (Phi) is 3.36. The number of rotatable bonds is 3. The molecule has 2 aromatic rings. The molecule has 0 atom stereocenters. The summed E-state index contributed by atoms with van der Waals surface area (Å²) in [6.45, 7) is 0.565. The molecular formula is C11H11Cl2N3. The second kappa shape index (κ2) is 4.76. The van der Waals surface area contributed by atoms with Gasteiger partial charge in [-0.3, -0.25) is 4.68 Å². The highest BCUT2D eigenvalue weighted by Crippen LogP contribution is 2.24. The summed E-state index contributed by atoms with van der Waals surface area (Å²) in [4.78, 5) is 0. The SMILES string of the molecule is Cn1ccc(NCc2c(Cl)cccc2Cl)n1. The molecule has 0 aliphatic heterocycles. The minimum Gasteiger partial charge on any atom is -0.364 e. The molecule has 0 fully saturated rings. The average molecular weight is 256 g/mol. The van der Waals surface area contributed by atoms with Gasteiger partial charge in [0.25, 0.3) is 0 Å². The van der Waals surface area contributed by atoms with Gasteiger partial charge in [-0.15, -0.1) is 0 Å². The lowest BCUT2D eigenvalue weighted by molar-refractivity contribution is 0.768. The van der Waals surface area contributed by atoms with Gasteiger partial charge in [0.15, 0.2) is 0 Å². The lowest BCUT2D eigenvalue weighted by Gasteiger charge is -2.07. The zero-order valence-electron chi connectivity index (χ0n) is 8.74. The number of hydrogen-bond acceptors (Lipinski definition) is 2. The number of halogens is 2. The van der Waals surface area contributed by atoms with Crippen molar-refractivity contribution in [3.05, 3.63) is 46.1 Å². The Balaban J connectivity index is 2.10. The first-order valence-corrected chi connectivity index (χ1v) is 5.59. The van der Waals surface area contributed by atoms with Crippen molar-refractivity contribution in [1.29, 1.82) is 0 Å². The van der Waals surface area contributed by atoms with Crippen LogP contribution in [0.1, 0.15) is 5.56 Å². The molecule has 1 N–H and O–H groups in total. The number of anilines is 1. The van der Waals surface area contributed by atoms with Gasteiger partial charge < -0.3 is 5.32 Å². The van der Waals surface area contributed by atoms with E-state index in [1.54, 1.807) is 4.68 Å². The van der Waals surface area contributed by atoms with Crippen molar-refractivity contribution in [2.45, 2.75) is 6.54 Å². The molecule has 3 nitrogen and oxygen atoms in total. The largest absolute Gasteiger partial charge is 0.364 e. The number of nitrogens with one attached hydrogen (secondary N) is 1. The van der Waals surface area contributed by atoms with Gasteiger partial charge >= 0.3 is 0 Å². The quantitative estimate of drug-likeness (QED) is 0.912. The van der Waals surface area contributed by atoms with E-state index in [9.17, 15) is 0 Å². The van der Waals surface area contributed by atoms with E-state index >= 15 is 0 Å². The zero-order valence-corrected chi connectivity index (χ0v) is 10.3. The smallest absolute Gasteiger partial charge is 0.148 e. The zero-order chi connectivity index (χ0) is 11.5. The fraction of sp³-hybridized carbons (Fsp3) is 0.182. The topological polar surface area (TPSA) is 29.9 Å². The summed E-state index contributed by atoms with van der Waals surface area (Å²) in [6, 6.07) is 7.37. The Morgan fingerprint density at radius 3 is 2.50 bits per heavy atom. The highest BCUT2D eigenvalue weighted by Gasteiger charge is 2.05. The predicted octanol–water partition coefficient (Wildman–Crippen LogP) is 3.34. The highest BCUT2D eigenvalue weighted by atomic mass is 35.5. The van der Waals surface area contributed by atoms with Crippen LogP contribution in [-0.2, 0) is 13.6 Å². The molecule has 0 amide bonds. The molecular weight excluding hydrogens is 245 g/mol. The summed E-state index contributed by atoms with van der Waals surface area (Å²) in [7, 11) is 1.87. The fourth-order valence-electron chi connectivity index (χ4n) is 1.39. The molecule has 0 saturated heterocycles. The van der Waals surface area contributed by atoms with E-state index in [2.05, 4.69) is 10.4 Å². The highest BCUT2D eigenvalue weighted by molar-refractivity contribution is 6.36. The standard InChI is InChI=1S/C11H11Cl2N3/c1-16-6-5-11(15-16)14-7-8-9(12)3-2-4-10(8)13/h2-6H,7H2,1H3,(H,14,15). The van der Waals surface area contributed by atoms with E-state index in [-0.39, 0.29) is 0 Å². The van der Waals surface area contributed by atoms with Crippen molar-refractivity contribution >= 4 is 29.0 Å². The first-order valence-electron chi connectivity index (χ1n) is 4.83. The normalized spacial score (nSPS) is 10.4. The molecule has 1 aromatic heterocycles. The van der Waals surface area contributed by atoms with Gasteiger partial charge in [-0.25, -0.2) is 0 Å². The van der Waals surface area contributed by atoms with Crippen molar-refractivity contribution in [3.63, 3.8) is 0 Å². The maximum absolute atomic E-state index is 6.05. The van der Waals surface area contributed by atoms with Crippen LogP contribution >= 0.6 is 23.2 Å². The summed E-state index contributed by atoms with van der Waals surface area (Å²) in [6.07, 6.45) is 1.87. The fourth-order valence-corrected chi connectivity index (χ4v) is 1.92. The Morgan fingerprint density at radius 2 is 1.94 bits per heavy atom. The first kappa shape index (κ1) is 11.3. The van der Waals surface area contributed by atoms with E-state index in [0.29, 0.717) is 16.6 Å². The van der Waals surface area contributed by atoms with Gasteiger partial charge in [0.05, 0.1) is 0 Å². The van der Waals surface area contributed by atoms with Gasteiger partial charge in [-0.2, -0.15) is 5.10 Å². The molecule has 16 heavy (non-hydrogen) atoms. The summed E-state index contributed by atoms with van der Waals surface area (Å²) >= 11 is 12.1. The van der Waals surface area contributed by atoms with E-state index < -0.39 is 0 Å². The van der Waals surface area contributed by atoms with Crippen LogP contribution in [0.25, 0.3) is 0 Å². The van der Waals surface area contributed by atoms with Crippen molar-refractivity contribution in [1.82, 2.24) is 9.78 Å². The van der Waals surface area contributed by atoms with Crippen molar-refractivity contribution in [2.75, 3.05) is 5.32 Å². The lowest BCUT2D eigenvalue weighted by Crippen LogP contribution is -2.02. The third-order valence-electron chi connectivity index (χ3n) is 2.22. The minimum atomic E-state index is 0.565.